The van der Waals surface area contributed by atoms with E-state index in [1.165, 1.54) is 10.5 Å². The third-order valence-electron chi connectivity index (χ3n) is 3.49. The predicted octanol–water partition coefficient (Wildman–Crippen LogP) is 4.45. The number of aromatic amines is 1. The molecule has 0 saturated heterocycles. The monoisotopic (exact) mass is 286 g/mol. The van der Waals surface area contributed by atoms with Crippen molar-refractivity contribution in [1.29, 1.82) is 0 Å². The molecule has 3 aromatic rings. The number of nitrogens with zero attached hydrogens (tertiary/aromatic N) is 1. The van der Waals surface area contributed by atoms with E-state index in [2.05, 4.69) is 29.2 Å². The van der Waals surface area contributed by atoms with Crippen LogP contribution in [-0.4, -0.2) is 15.7 Å². The Balaban J connectivity index is 1.83. The number of halogens is 1. The van der Waals surface area contributed by atoms with Crippen LogP contribution in [0.3, 0.4) is 0 Å². The van der Waals surface area contributed by atoms with Crippen molar-refractivity contribution >= 4 is 34.4 Å². The van der Waals surface area contributed by atoms with Crippen LogP contribution in [0.5, 0.6) is 0 Å². The molecule has 0 spiro atoms. The number of imidazole rings is 1. The average molecular weight is 287 g/mol. The molecular formula is C15H11ClN2S. The smallest absolute Gasteiger partial charge is 0.115 e. The first kappa shape index (κ1) is 11.4. The zero-order valence-electron chi connectivity index (χ0n) is 10.1. The molecule has 4 rings (SSSR count). The van der Waals surface area contributed by atoms with Crippen LogP contribution in [0, 0.1) is 0 Å². The van der Waals surface area contributed by atoms with Crippen LogP contribution in [0.15, 0.2) is 47.4 Å². The van der Waals surface area contributed by atoms with Gasteiger partial charge in [-0.05, 0) is 29.8 Å². The molecular weight excluding hydrogens is 276 g/mol. The molecule has 1 aliphatic heterocycles. The fraction of sp³-hybridized carbons (Fsp3) is 0.133. The highest BCUT2D eigenvalue weighted by molar-refractivity contribution is 7.99. The fourth-order valence-corrected chi connectivity index (χ4v) is 3.96. The lowest BCUT2D eigenvalue weighted by atomic mass is 10.0. The summed E-state index contributed by atoms with van der Waals surface area (Å²) in [7, 11) is 0. The average Bonchev–Trinajstić information content (AvgIpc) is 3.00. The van der Waals surface area contributed by atoms with Gasteiger partial charge in [-0.1, -0.05) is 29.8 Å². The topological polar surface area (TPSA) is 28.7 Å². The van der Waals surface area contributed by atoms with Crippen molar-refractivity contribution in [3.05, 3.63) is 58.9 Å². The van der Waals surface area contributed by atoms with Crippen LogP contribution in [0.25, 0.3) is 11.0 Å². The lowest BCUT2D eigenvalue weighted by Gasteiger charge is -2.06. The summed E-state index contributed by atoms with van der Waals surface area (Å²) in [5.74, 6) is 2.44. The third-order valence-corrected chi connectivity index (χ3v) is 4.91. The van der Waals surface area contributed by atoms with Crippen LogP contribution in [0.1, 0.15) is 17.3 Å². The number of H-pyrrole nitrogens is 1. The maximum atomic E-state index is 6.02. The van der Waals surface area contributed by atoms with E-state index in [1.807, 2.05) is 30.0 Å². The molecule has 1 aromatic heterocycles. The SMILES string of the molecule is Clc1ccc2nc(C3CSc4ccccc43)[nH]c2c1. The van der Waals surface area contributed by atoms with E-state index in [9.17, 15) is 0 Å². The van der Waals surface area contributed by atoms with Gasteiger partial charge in [0.15, 0.2) is 0 Å². The molecule has 1 atom stereocenters. The highest BCUT2D eigenvalue weighted by Crippen LogP contribution is 2.42. The molecule has 0 fully saturated rings. The second kappa shape index (κ2) is 4.29. The molecule has 2 heterocycles. The van der Waals surface area contributed by atoms with Crippen molar-refractivity contribution in [2.24, 2.45) is 0 Å². The van der Waals surface area contributed by atoms with E-state index in [0.29, 0.717) is 5.92 Å². The summed E-state index contributed by atoms with van der Waals surface area (Å²) in [6, 6.07) is 14.3. The van der Waals surface area contributed by atoms with Crippen molar-refractivity contribution in [2.45, 2.75) is 10.8 Å². The van der Waals surface area contributed by atoms with Gasteiger partial charge < -0.3 is 4.98 Å². The van der Waals surface area contributed by atoms with E-state index in [1.54, 1.807) is 0 Å². The van der Waals surface area contributed by atoms with Crippen molar-refractivity contribution in [2.75, 3.05) is 5.75 Å². The predicted molar refractivity (Wildman–Crippen MR) is 80.1 cm³/mol. The van der Waals surface area contributed by atoms with Gasteiger partial charge in [0.2, 0.25) is 0 Å². The Labute approximate surface area is 120 Å². The van der Waals surface area contributed by atoms with Crippen molar-refractivity contribution < 1.29 is 0 Å². The first-order valence-corrected chi connectivity index (χ1v) is 7.54. The highest BCUT2D eigenvalue weighted by atomic mass is 35.5. The first-order valence-electron chi connectivity index (χ1n) is 6.18. The number of aromatic nitrogens is 2. The van der Waals surface area contributed by atoms with E-state index < -0.39 is 0 Å². The molecule has 2 nitrogen and oxygen atoms in total. The van der Waals surface area contributed by atoms with Crippen LogP contribution in [0.2, 0.25) is 5.02 Å². The Bertz CT molecular complexity index is 766. The highest BCUT2D eigenvalue weighted by Gasteiger charge is 2.26. The summed E-state index contributed by atoms with van der Waals surface area (Å²) < 4.78 is 0. The minimum Gasteiger partial charge on any atom is -0.341 e. The summed E-state index contributed by atoms with van der Waals surface area (Å²) in [4.78, 5) is 9.48. The van der Waals surface area contributed by atoms with Gasteiger partial charge in [-0.3, -0.25) is 0 Å². The summed E-state index contributed by atoms with van der Waals surface area (Å²) in [6.45, 7) is 0. The number of hydrogen-bond acceptors (Lipinski definition) is 2. The van der Waals surface area contributed by atoms with E-state index in [4.69, 9.17) is 16.6 Å². The Kier molecular flexibility index (Phi) is 2.57. The summed E-state index contributed by atoms with van der Waals surface area (Å²) in [5, 5.41) is 0.740. The second-order valence-electron chi connectivity index (χ2n) is 4.68. The molecule has 0 radical (unpaired) electrons. The minimum atomic E-state index is 0.354. The Morgan fingerprint density at radius 3 is 3.05 bits per heavy atom. The molecule has 1 aliphatic rings. The largest absolute Gasteiger partial charge is 0.341 e. The maximum Gasteiger partial charge on any atom is 0.115 e. The van der Waals surface area contributed by atoms with Gasteiger partial charge in [0.05, 0.1) is 17.0 Å². The van der Waals surface area contributed by atoms with Crippen molar-refractivity contribution in [1.82, 2.24) is 9.97 Å². The summed E-state index contributed by atoms with van der Waals surface area (Å²) in [5.41, 5.74) is 3.36. The van der Waals surface area contributed by atoms with E-state index in [0.717, 1.165) is 27.6 Å². The lowest BCUT2D eigenvalue weighted by Crippen LogP contribution is -2.01. The molecule has 1 unspecified atom stereocenters. The van der Waals surface area contributed by atoms with Gasteiger partial charge in [0, 0.05) is 15.7 Å². The van der Waals surface area contributed by atoms with Gasteiger partial charge >= 0.3 is 0 Å². The molecule has 94 valence electrons. The van der Waals surface area contributed by atoms with Crippen LogP contribution in [-0.2, 0) is 0 Å². The van der Waals surface area contributed by atoms with Crippen LogP contribution < -0.4 is 0 Å². The number of benzene rings is 2. The maximum absolute atomic E-state index is 6.02. The molecule has 4 heteroatoms. The number of hydrogen-bond donors (Lipinski definition) is 1. The van der Waals surface area contributed by atoms with E-state index >= 15 is 0 Å². The normalized spacial score (nSPS) is 17.8. The number of nitrogens with one attached hydrogen (secondary N) is 1. The zero-order chi connectivity index (χ0) is 12.8. The minimum absolute atomic E-state index is 0.354. The molecule has 0 amide bonds. The molecule has 1 N–H and O–H groups in total. The number of fused-ring (bicyclic) bond motifs is 2. The second-order valence-corrected chi connectivity index (χ2v) is 6.18. The lowest BCUT2D eigenvalue weighted by molar-refractivity contribution is 0.859. The quantitative estimate of drug-likeness (QED) is 0.716. The van der Waals surface area contributed by atoms with E-state index in [-0.39, 0.29) is 0 Å². The molecule has 0 aliphatic carbocycles. The Morgan fingerprint density at radius 2 is 2.11 bits per heavy atom. The van der Waals surface area contributed by atoms with Gasteiger partial charge in [-0.15, -0.1) is 11.8 Å². The Hall–Kier alpha value is -1.45. The molecule has 0 bridgehead atoms. The number of thioether (sulfide) groups is 1. The van der Waals surface area contributed by atoms with Crippen LogP contribution in [0.4, 0.5) is 0 Å². The molecule has 2 aromatic carbocycles. The third kappa shape index (κ3) is 1.85. The molecule has 19 heavy (non-hydrogen) atoms. The van der Waals surface area contributed by atoms with Gasteiger partial charge in [0.25, 0.3) is 0 Å². The Morgan fingerprint density at radius 1 is 1.21 bits per heavy atom. The summed E-state index contributed by atoms with van der Waals surface area (Å²) in [6.07, 6.45) is 0. The fourth-order valence-electron chi connectivity index (χ4n) is 2.56. The first-order chi connectivity index (χ1) is 9.31. The summed E-state index contributed by atoms with van der Waals surface area (Å²) >= 11 is 7.91. The van der Waals surface area contributed by atoms with Crippen molar-refractivity contribution in [3.8, 4) is 0 Å². The van der Waals surface area contributed by atoms with Gasteiger partial charge in [0.1, 0.15) is 5.82 Å². The number of rotatable bonds is 1. The standard InChI is InChI=1S/C15H11ClN2S/c16-9-5-6-12-13(7-9)18-15(17-12)11-8-19-14-4-2-1-3-10(11)14/h1-7,11H,8H2,(H,17,18). The van der Waals surface area contributed by atoms with Crippen molar-refractivity contribution in [3.63, 3.8) is 0 Å². The zero-order valence-corrected chi connectivity index (χ0v) is 11.6. The van der Waals surface area contributed by atoms with Gasteiger partial charge in [-0.25, -0.2) is 4.98 Å². The van der Waals surface area contributed by atoms with Gasteiger partial charge in [-0.2, -0.15) is 0 Å². The van der Waals surface area contributed by atoms with Crippen LogP contribution >= 0.6 is 23.4 Å². The molecule has 0 saturated carbocycles.